The number of methoxy groups -OCH3 is 2. The van der Waals surface area contributed by atoms with Crippen LogP contribution in [0.2, 0.25) is 0 Å². The lowest BCUT2D eigenvalue weighted by Crippen LogP contribution is -2.08. The Morgan fingerprint density at radius 1 is 1.17 bits per heavy atom. The summed E-state index contributed by atoms with van der Waals surface area (Å²) < 4.78 is 11.2. The van der Waals surface area contributed by atoms with E-state index in [1.165, 1.54) is 0 Å². The van der Waals surface area contributed by atoms with E-state index in [0.717, 1.165) is 41.4 Å². The molecular weight excluding hydrogens is 409 g/mol. The Balaban J connectivity index is 1.70. The Kier molecular flexibility index (Phi) is 4.79. The fourth-order valence-corrected chi connectivity index (χ4v) is 2.77. The number of rotatable bonds is 6. The summed E-state index contributed by atoms with van der Waals surface area (Å²) in [6.45, 7) is 0.733. The SMILES string of the molecule is COc1ccc(CCNc2nc(I)nc3nc[nH]c23)cc1OC. The Bertz CT molecular complexity index is 821. The van der Waals surface area contributed by atoms with E-state index in [4.69, 9.17) is 9.47 Å². The molecule has 23 heavy (non-hydrogen) atoms. The van der Waals surface area contributed by atoms with E-state index in [0.29, 0.717) is 9.48 Å². The number of ether oxygens (including phenoxy) is 2. The third-order valence-electron chi connectivity index (χ3n) is 3.41. The molecule has 2 N–H and O–H groups in total. The quantitative estimate of drug-likeness (QED) is 0.467. The highest BCUT2D eigenvalue weighted by atomic mass is 127. The molecule has 0 bridgehead atoms. The number of H-pyrrole nitrogens is 1. The molecule has 1 aromatic carbocycles. The first kappa shape index (κ1) is 15.8. The summed E-state index contributed by atoms with van der Waals surface area (Å²) >= 11 is 2.08. The molecular formula is C15H16IN5O2. The van der Waals surface area contributed by atoms with Crippen LogP contribution in [0.25, 0.3) is 11.2 Å². The highest BCUT2D eigenvalue weighted by Crippen LogP contribution is 2.27. The van der Waals surface area contributed by atoms with E-state index in [-0.39, 0.29) is 0 Å². The number of halogens is 1. The van der Waals surface area contributed by atoms with Crippen molar-refractivity contribution in [2.24, 2.45) is 0 Å². The highest BCUT2D eigenvalue weighted by Gasteiger charge is 2.09. The van der Waals surface area contributed by atoms with Gasteiger partial charge in [-0.1, -0.05) is 6.07 Å². The van der Waals surface area contributed by atoms with Gasteiger partial charge in [-0.05, 0) is 24.1 Å². The van der Waals surface area contributed by atoms with Gasteiger partial charge in [-0.15, -0.1) is 0 Å². The molecule has 0 unspecified atom stereocenters. The molecule has 0 fully saturated rings. The van der Waals surface area contributed by atoms with E-state index in [2.05, 4.69) is 47.8 Å². The van der Waals surface area contributed by atoms with Crippen LogP contribution in [0.1, 0.15) is 5.56 Å². The third kappa shape index (κ3) is 3.46. The minimum atomic E-state index is 0.663. The predicted octanol–water partition coefficient (Wildman–Crippen LogP) is 2.63. The van der Waals surface area contributed by atoms with Crippen molar-refractivity contribution in [3.05, 3.63) is 33.9 Å². The summed E-state index contributed by atoms with van der Waals surface area (Å²) in [6.07, 6.45) is 2.45. The number of hydrogen-bond donors (Lipinski definition) is 2. The number of anilines is 1. The van der Waals surface area contributed by atoms with Gasteiger partial charge in [-0.2, -0.15) is 0 Å². The van der Waals surface area contributed by atoms with Crippen molar-refractivity contribution in [3.8, 4) is 11.5 Å². The third-order valence-corrected chi connectivity index (χ3v) is 3.89. The first-order chi connectivity index (χ1) is 11.2. The summed E-state index contributed by atoms with van der Waals surface area (Å²) in [7, 11) is 3.27. The maximum atomic E-state index is 5.32. The van der Waals surface area contributed by atoms with Crippen molar-refractivity contribution >= 4 is 39.6 Å². The monoisotopic (exact) mass is 425 g/mol. The summed E-state index contributed by atoms with van der Waals surface area (Å²) in [4.78, 5) is 15.9. The average Bonchev–Trinajstić information content (AvgIpc) is 3.02. The molecule has 0 atom stereocenters. The molecule has 120 valence electrons. The molecule has 3 aromatic rings. The smallest absolute Gasteiger partial charge is 0.194 e. The Hall–Kier alpha value is -2.10. The molecule has 2 heterocycles. The molecule has 3 rings (SSSR count). The largest absolute Gasteiger partial charge is 0.493 e. The van der Waals surface area contributed by atoms with Gasteiger partial charge in [0, 0.05) is 29.1 Å². The molecule has 0 amide bonds. The van der Waals surface area contributed by atoms with Crippen LogP contribution < -0.4 is 14.8 Å². The van der Waals surface area contributed by atoms with E-state index in [9.17, 15) is 0 Å². The average molecular weight is 425 g/mol. The van der Waals surface area contributed by atoms with E-state index in [1.807, 2.05) is 18.2 Å². The molecule has 0 spiro atoms. The van der Waals surface area contributed by atoms with Crippen LogP contribution in [0.4, 0.5) is 5.82 Å². The van der Waals surface area contributed by atoms with Crippen molar-refractivity contribution in [1.82, 2.24) is 19.9 Å². The lowest BCUT2D eigenvalue weighted by atomic mass is 10.1. The van der Waals surface area contributed by atoms with Gasteiger partial charge in [-0.3, -0.25) is 0 Å². The van der Waals surface area contributed by atoms with Crippen molar-refractivity contribution in [1.29, 1.82) is 0 Å². The molecule has 0 aliphatic rings. The van der Waals surface area contributed by atoms with Gasteiger partial charge in [0.15, 0.2) is 26.8 Å². The summed E-state index contributed by atoms with van der Waals surface area (Å²) in [6, 6.07) is 5.92. The fourth-order valence-electron chi connectivity index (χ4n) is 2.30. The number of imidazole rings is 1. The Labute approximate surface area is 147 Å². The molecule has 0 saturated heterocycles. The van der Waals surface area contributed by atoms with Crippen LogP contribution in [0.5, 0.6) is 11.5 Å². The van der Waals surface area contributed by atoms with Crippen molar-refractivity contribution in [2.45, 2.75) is 6.42 Å². The second-order valence-electron chi connectivity index (χ2n) is 4.81. The number of benzene rings is 1. The minimum Gasteiger partial charge on any atom is -0.493 e. The summed E-state index contributed by atoms with van der Waals surface area (Å²) in [5, 5.41) is 3.33. The van der Waals surface area contributed by atoms with Gasteiger partial charge in [0.05, 0.1) is 20.5 Å². The number of nitrogens with zero attached hydrogens (tertiary/aromatic N) is 3. The molecule has 8 heteroatoms. The number of hydrogen-bond acceptors (Lipinski definition) is 6. The second-order valence-corrected chi connectivity index (χ2v) is 5.77. The maximum absolute atomic E-state index is 5.32. The zero-order chi connectivity index (χ0) is 16.2. The van der Waals surface area contributed by atoms with E-state index < -0.39 is 0 Å². The van der Waals surface area contributed by atoms with Gasteiger partial charge in [0.2, 0.25) is 0 Å². The van der Waals surface area contributed by atoms with Crippen LogP contribution in [0.15, 0.2) is 24.5 Å². The lowest BCUT2D eigenvalue weighted by Gasteiger charge is -2.10. The molecule has 0 aliphatic heterocycles. The van der Waals surface area contributed by atoms with Crippen molar-refractivity contribution < 1.29 is 9.47 Å². The van der Waals surface area contributed by atoms with Crippen LogP contribution in [-0.4, -0.2) is 40.7 Å². The molecule has 0 saturated carbocycles. The van der Waals surface area contributed by atoms with Crippen LogP contribution in [0.3, 0.4) is 0 Å². The molecule has 0 radical (unpaired) electrons. The maximum Gasteiger partial charge on any atom is 0.194 e. The number of nitrogens with one attached hydrogen (secondary N) is 2. The fraction of sp³-hybridized carbons (Fsp3) is 0.267. The minimum absolute atomic E-state index is 0.663. The standard InChI is InChI=1S/C15H16IN5O2/c1-22-10-4-3-9(7-11(10)23-2)5-6-17-13-12-14(19-8-18-12)21-15(16)20-13/h3-4,7-8H,5-6H2,1-2H3,(H2,17,18,19,20,21). The topological polar surface area (TPSA) is 85.0 Å². The first-order valence-corrected chi connectivity index (χ1v) is 8.10. The lowest BCUT2D eigenvalue weighted by molar-refractivity contribution is 0.354. The van der Waals surface area contributed by atoms with E-state index >= 15 is 0 Å². The van der Waals surface area contributed by atoms with Gasteiger partial charge < -0.3 is 19.8 Å². The highest BCUT2D eigenvalue weighted by molar-refractivity contribution is 14.1. The van der Waals surface area contributed by atoms with Crippen molar-refractivity contribution in [2.75, 3.05) is 26.1 Å². The normalized spacial score (nSPS) is 10.7. The van der Waals surface area contributed by atoms with Crippen molar-refractivity contribution in [3.63, 3.8) is 0 Å². The summed E-state index contributed by atoms with van der Waals surface area (Å²) in [5.74, 6) is 2.23. The summed E-state index contributed by atoms with van der Waals surface area (Å²) in [5.41, 5.74) is 2.63. The molecule has 0 aliphatic carbocycles. The molecule has 7 nitrogen and oxygen atoms in total. The number of fused-ring (bicyclic) bond motifs is 1. The van der Waals surface area contributed by atoms with Gasteiger partial charge >= 0.3 is 0 Å². The van der Waals surface area contributed by atoms with Gasteiger partial charge in [-0.25, -0.2) is 15.0 Å². The zero-order valence-corrected chi connectivity index (χ0v) is 14.9. The van der Waals surface area contributed by atoms with Crippen LogP contribution >= 0.6 is 22.6 Å². The number of aromatic nitrogens is 4. The zero-order valence-electron chi connectivity index (χ0n) is 12.8. The molecule has 2 aromatic heterocycles. The second kappa shape index (κ2) is 6.99. The van der Waals surface area contributed by atoms with Gasteiger partial charge in [0.25, 0.3) is 0 Å². The van der Waals surface area contributed by atoms with Crippen LogP contribution in [-0.2, 0) is 6.42 Å². The Morgan fingerprint density at radius 3 is 2.78 bits per heavy atom. The number of aromatic amines is 1. The van der Waals surface area contributed by atoms with Crippen LogP contribution in [0, 0.1) is 3.83 Å². The predicted molar refractivity (Wildman–Crippen MR) is 96.1 cm³/mol. The van der Waals surface area contributed by atoms with E-state index in [1.54, 1.807) is 20.5 Å². The first-order valence-electron chi connectivity index (χ1n) is 7.02. The Morgan fingerprint density at radius 2 is 2.00 bits per heavy atom. The van der Waals surface area contributed by atoms with Gasteiger partial charge in [0.1, 0.15) is 5.52 Å².